The van der Waals surface area contributed by atoms with Gasteiger partial charge in [0, 0.05) is 12.1 Å². The van der Waals surface area contributed by atoms with E-state index >= 15 is 0 Å². The van der Waals surface area contributed by atoms with Crippen LogP contribution in [0, 0.1) is 5.82 Å². The van der Waals surface area contributed by atoms with E-state index in [0.29, 0.717) is 17.9 Å². The summed E-state index contributed by atoms with van der Waals surface area (Å²) in [6.45, 7) is 4.34. The maximum Gasteiger partial charge on any atom is 0.338 e. The standard InChI is InChI=1S/C24H24FN3O5S/c1-3-26-21-13-12-17(24(30)33-4-2)15-22(21)27-23(29)16-8-7-9-18(14-16)34(31,32)28-20-11-6-5-10-19(20)25/h5-15,26,28H,3-4H2,1-2H3,(H,27,29). The van der Waals surface area contributed by atoms with Gasteiger partial charge in [0.2, 0.25) is 0 Å². The number of carbonyl (C=O) groups is 2. The summed E-state index contributed by atoms with van der Waals surface area (Å²) in [6, 6.07) is 15.4. The van der Waals surface area contributed by atoms with Crippen molar-refractivity contribution in [2.75, 3.05) is 28.5 Å². The minimum Gasteiger partial charge on any atom is -0.462 e. The molecule has 0 radical (unpaired) electrons. The van der Waals surface area contributed by atoms with E-state index in [2.05, 4.69) is 15.4 Å². The number of para-hydroxylation sites is 1. The Hall–Kier alpha value is -3.92. The molecule has 10 heteroatoms. The minimum absolute atomic E-state index is 0.0559. The Bertz CT molecular complexity index is 1310. The van der Waals surface area contributed by atoms with Crippen molar-refractivity contribution >= 4 is 39.0 Å². The molecule has 0 atom stereocenters. The van der Waals surface area contributed by atoms with Gasteiger partial charge in [-0.15, -0.1) is 0 Å². The highest BCUT2D eigenvalue weighted by Crippen LogP contribution is 2.25. The quantitative estimate of drug-likeness (QED) is 0.385. The number of amides is 1. The first kappa shape index (κ1) is 24.7. The molecule has 0 unspecified atom stereocenters. The number of benzene rings is 3. The van der Waals surface area contributed by atoms with E-state index in [1.807, 2.05) is 6.92 Å². The molecule has 3 aromatic rings. The Morgan fingerprint density at radius 2 is 1.65 bits per heavy atom. The molecule has 0 spiro atoms. The third kappa shape index (κ3) is 5.90. The van der Waals surface area contributed by atoms with Gasteiger partial charge in [-0.1, -0.05) is 18.2 Å². The van der Waals surface area contributed by atoms with Crippen LogP contribution < -0.4 is 15.4 Å². The van der Waals surface area contributed by atoms with Crippen LogP contribution in [-0.2, 0) is 14.8 Å². The van der Waals surface area contributed by atoms with Gasteiger partial charge in [-0.05, 0) is 62.4 Å². The van der Waals surface area contributed by atoms with Gasteiger partial charge in [0.15, 0.2) is 0 Å². The maximum absolute atomic E-state index is 13.9. The molecule has 3 rings (SSSR count). The second kappa shape index (κ2) is 10.8. The number of sulfonamides is 1. The minimum atomic E-state index is -4.15. The van der Waals surface area contributed by atoms with Crippen molar-refractivity contribution in [2.24, 2.45) is 0 Å². The zero-order valence-electron chi connectivity index (χ0n) is 18.6. The molecular formula is C24H24FN3O5S. The first-order valence-electron chi connectivity index (χ1n) is 10.5. The fourth-order valence-electron chi connectivity index (χ4n) is 3.08. The summed E-state index contributed by atoms with van der Waals surface area (Å²) in [7, 11) is -4.15. The van der Waals surface area contributed by atoms with E-state index in [1.165, 1.54) is 48.5 Å². The van der Waals surface area contributed by atoms with Gasteiger partial charge in [-0.2, -0.15) is 0 Å². The molecule has 0 heterocycles. The Morgan fingerprint density at radius 1 is 0.882 bits per heavy atom. The predicted molar refractivity (Wildman–Crippen MR) is 128 cm³/mol. The molecule has 1 amide bonds. The van der Waals surface area contributed by atoms with Crippen molar-refractivity contribution in [3.63, 3.8) is 0 Å². The summed E-state index contributed by atoms with van der Waals surface area (Å²) >= 11 is 0. The second-order valence-electron chi connectivity index (χ2n) is 7.08. The molecule has 3 N–H and O–H groups in total. The van der Waals surface area contributed by atoms with Crippen LogP contribution in [0.2, 0.25) is 0 Å². The number of hydrogen-bond acceptors (Lipinski definition) is 6. The van der Waals surface area contributed by atoms with Crippen LogP contribution in [0.3, 0.4) is 0 Å². The van der Waals surface area contributed by atoms with Crippen molar-refractivity contribution in [2.45, 2.75) is 18.7 Å². The average molecular weight is 486 g/mol. The highest BCUT2D eigenvalue weighted by molar-refractivity contribution is 7.92. The zero-order valence-corrected chi connectivity index (χ0v) is 19.4. The number of halogens is 1. The summed E-state index contributed by atoms with van der Waals surface area (Å²) in [5, 5.41) is 5.79. The second-order valence-corrected chi connectivity index (χ2v) is 8.76. The van der Waals surface area contributed by atoms with Crippen LogP contribution in [-0.4, -0.2) is 33.4 Å². The predicted octanol–water partition coefficient (Wildman–Crippen LogP) is 4.49. The van der Waals surface area contributed by atoms with Crippen LogP contribution in [0.15, 0.2) is 71.6 Å². The third-order valence-electron chi connectivity index (χ3n) is 4.67. The summed E-state index contributed by atoms with van der Waals surface area (Å²) in [4.78, 5) is 24.8. The zero-order chi connectivity index (χ0) is 24.7. The van der Waals surface area contributed by atoms with Crippen molar-refractivity contribution < 1.29 is 27.1 Å². The normalized spacial score (nSPS) is 10.9. The Labute approximate surface area is 197 Å². The molecule has 0 aliphatic carbocycles. The Morgan fingerprint density at radius 3 is 2.35 bits per heavy atom. The monoisotopic (exact) mass is 485 g/mol. The molecule has 0 aromatic heterocycles. The number of nitrogens with one attached hydrogen (secondary N) is 3. The third-order valence-corrected chi connectivity index (χ3v) is 6.03. The molecular weight excluding hydrogens is 461 g/mol. The maximum atomic E-state index is 13.9. The van der Waals surface area contributed by atoms with E-state index < -0.39 is 27.7 Å². The SMILES string of the molecule is CCNc1ccc(C(=O)OCC)cc1NC(=O)c1cccc(S(=O)(=O)Nc2ccccc2F)c1. The summed E-state index contributed by atoms with van der Waals surface area (Å²) < 4.78 is 46.6. The first-order chi connectivity index (χ1) is 16.2. The number of carbonyl (C=O) groups excluding carboxylic acids is 2. The lowest BCUT2D eigenvalue weighted by molar-refractivity contribution is 0.0526. The molecule has 0 saturated carbocycles. The summed E-state index contributed by atoms with van der Waals surface area (Å²) in [6.07, 6.45) is 0. The fourth-order valence-corrected chi connectivity index (χ4v) is 4.19. The molecule has 0 aliphatic rings. The molecule has 8 nitrogen and oxygen atoms in total. The fraction of sp³-hybridized carbons (Fsp3) is 0.167. The van der Waals surface area contributed by atoms with Crippen LogP contribution >= 0.6 is 0 Å². The summed E-state index contributed by atoms with van der Waals surface area (Å²) in [5.74, 6) is -1.85. The van der Waals surface area contributed by atoms with Gasteiger partial charge in [0.25, 0.3) is 15.9 Å². The van der Waals surface area contributed by atoms with Gasteiger partial charge in [0.1, 0.15) is 5.82 Å². The molecule has 0 aliphatic heterocycles. The first-order valence-corrected chi connectivity index (χ1v) is 12.0. The van der Waals surface area contributed by atoms with E-state index in [4.69, 9.17) is 4.74 Å². The molecule has 3 aromatic carbocycles. The van der Waals surface area contributed by atoms with E-state index in [1.54, 1.807) is 19.1 Å². The Balaban J connectivity index is 1.87. The van der Waals surface area contributed by atoms with Crippen LogP contribution in [0.4, 0.5) is 21.5 Å². The molecule has 34 heavy (non-hydrogen) atoms. The van der Waals surface area contributed by atoms with E-state index in [0.717, 1.165) is 6.07 Å². The lowest BCUT2D eigenvalue weighted by Crippen LogP contribution is -2.17. The topological polar surface area (TPSA) is 114 Å². The number of esters is 1. The number of anilines is 3. The van der Waals surface area contributed by atoms with Crippen molar-refractivity contribution in [3.8, 4) is 0 Å². The van der Waals surface area contributed by atoms with Crippen molar-refractivity contribution in [1.82, 2.24) is 0 Å². The highest BCUT2D eigenvalue weighted by Gasteiger charge is 2.19. The largest absolute Gasteiger partial charge is 0.462 e. The van der Waals surface area contributed by atoms with E-state index in [9.17, 15) is 22.4 Å². The molecule has 0 saturated heterocycles. The van der Waals surface area contributed by atoms with Gasteiger partial charge in [-0.3, -0.25) is 9.52 Å². The number of ether oxygens (including phenoxy) is 1. The molecule has 0 bridgehead atoms. The molecule has 178 valence electrons. The van der Waals surface area contributed by atoms with Crippen molar-refractivity contribution in [3.05, 3.63) is 83.7 Å². The summed E-state index contributed by atoms with van der Waals surface area (Å²) in [5.41, 5.74) is 1.01. The molecule has 0 fully saturated rings. The lowest BCUT2D eigenvalue weighted by atomic mass is 10.1. The average Bonchev–Trinajstić information content (AvgIpc) is 2.82. The van der Waals surface area contributed by atoms with Crippen LogP contribution in [0.5, 0.6) is 0 Å². The van der Waals surface area contributed by atoms with Crippen molar-refractivity contribution in [1.29, 1.82) is 0 Å². The van der Waals surface area contributed by atoms with Crippen LogP contribution in [0.1, 0.15) is 34.6 Å². The van der Waals surface area contributed by atoms with Crippen LogP contribution in [0.25, 0.3) is 0 Å². The highest BCUT2D eigenvalue weighted by atomic mass is 32.2. The van der Waals surface area contributed by atoms with Gasteiger partial charge in [-0.25, -0.2) is 17.6 Å². The number of rotatable bonds is 9. The smallest absolute Gasteiger partial charge is 0.338 e. The van der Waals surface area contributed by atoms with Gasteiger partial charge < -0.3 is 15.4 Å². The van der Waals surface area contributed by atoms with Gasteiger partial charge >= 0.3 is 5.97 Å². The Kier molecular flexibility index (Phi) is 7.85. The van der Waals surface area contributed by atoms with Gasteiger partial charge in [0.05, 0.1) is 34.1 Å². The number of hydrogen-bond donors (Lipinski definition) is 3. The lowest BCUT2D eigenvalue weighted by Gasteiger charge is -2.14. The van der Waals surface area contributed by atoms with E-state index in [-0.39, 0.29) is 28.3 Å².